The summed E-state index contributed by atoms with van der Waals surface area (Å²) in [7, 11) is 1.52. The Morgan fingerprint density at radius 2 is 1.72 bits per heavy atom. The van der Waals surface area contributed by atoms with Crippen LogP contribution in [0.15, 0.2) is 0 Å². The van der Waals surface area contributed by atoms with Crippen LogP contribution in [0.5, 0.6) is 0 Å². The normalized spacial score (nSPS) is 50.9. The lowest BCUT2D eigenvalue weighted by atomic mass is 9.78. The molecule has 11 nitrogen and oxygen atoms in total. The Labute approximate surface area is 281 Å². The number of aliphatic hydroxyl groups excluding tert-OH is 2. The van der Waals surface area contributed by atoms with E-state index in [1.807, 2.05) is 20.8 Å². The van der Waals surface area contributed by atoms with E-state index >= 15 is 0 Å². The fourth-order valence-corrected chi connectivity index (χ4v) is 9.91. The molecule has 5 fully saturated rings. The van der Waals surface area contributed by atoms with Gasteiger partial charge in [-0.3, -0.25) is 4.79 Å². The first-order chi connectivity index (χ1) is 22.0. The van der Waals surface area contributed by atoms with Gasteiger partial charge in [0.1, 0.15) is 0 Å². The molecule has 0 radical (unpaired) electrons. The monoisotopic (exact) mass is 670 g/mol. The van der Waals surface area contributed by atoms with E-state index in [1.54, 1.807) is 6.92 Å². The number of carboxylic acid groups (broad SMARTS) is 1. The molecular weight excluding hydrogens is 608 g/mol. The van der Waals surface area contributed by atoms with Crippen molar-refractivity contribution in [1.29, 1.82) is 0 Å². The average molecular weight is 671 g/mol. The lowest BCUT2D eigenvalue weighted by Crippen LogP contribution is -2.57. The highest BCUT2D eigenvalue weighted by molar-refractivity contribution is 5.70. The number of carboxylic acids is 1. The van der Waals surface area contributed by atoms with Gasteiger partial charge in [0.05, 0.1) is 66.5 Å². The Morgan fingerprint density at radius 3 is 2.34 bits per heavy atom. The zero-order valence-corrected chi connectivity index (χ0v) is 30.0. The van der Waals surface area contributed by atoms with Crippen LogP contribution in [0.25, 0.3) is 0 Å². The molecule has 0 aromatic carbocycles. The molecule has 0 bridgehead atoms. The molecular formula is C36H62O11. The molecule has 0 saturated carbocycles. The summed E-state index contributed by atoms with van der Waals surface area (Å²) in [4.78, 5) is 11.8. The molecule has 5 rings (SSSR count). The van der Waals surface area contributed by atoms with Gasteiger partial charge in [0.15, 0.2) is 11.6 Å². The summed E-state index contributed by atoms with van der Waals surface area (Å²) >= 11 is 0. The Hall–Kier alpha value is -0.890. The van der Waals surface area contributed by atoms with Crippen LogP contribution in [0.1, 0.15) is 107 Å². The zero-order chi connectivity index (χ0) is 34.7. The molecule has 1 spiro atoms. The van der Waals surface area contributed by atoms with Gasteiger partial charge in [0.2, 0.25) is 0 Å². The number of hydrogen-bond donors (Lipinski definition) is 4. The van der Waals surface area contributed by atoms with Gasteiger partial charge < -0.3 is 48.8 Å². The average Bonchev–Trinajstić information content (AvgIpc) is 3.73. The maximum atomic E-state index is 11.8. The molecule has 5 aliphatic heterocycles. The fourth-order valence-electron chi connectivity index (χ4n) is 9.91. The topological polar surface area (TPSA) is 153 Å². The zero-order valence-electron chi connectivity index (χ0n) is 30.0. The highest BCUT2D eigenvalue weighted by Crippen LogP contribution is 2.55. The van der Waals surface area contributed by atoms with Crippen LogP contribution in [-0.2, 0) is 33.2 Å². The lowest BCUT2D eigenvalue weighted by molar-refractivity contribution is -0.336. The van der Waals surface area contributed by atoms with Gasteiger partial charge >= 0.3 is 5.97 Å². The number of hydrogen-bond acceptors (Lipinski definition) is 10. The number of aliphatic hydroxyl groups is 3. The van der Waals surface area contributed by atoms with Crippen LogP contribution in [0.3, 0.4) is 0 Å². The molecule has 2 unspecified atom stereocenters. The van der Waals surface area contributed by atoms with Crippen LogP contribution in [0, 0.1) is 35.5 Å². The molecule has 0 aromatic heterocycles. The van der Waals surface area contributed by atoms with E-state index in [0.717, 1.165) is 32.1 Å². The number of carbonyl (C=O) groups is 1. The third kappa shape index (κ3) is 6.67. The summed E-state index contributed by atoms with van der Waals surface area (Å²) in [5.74, 6) is -4.52. The third-order valence-corrected chi connectivity index (χ3v) is 13.0. The summed E-state index contributed by atoms with van der Waals surface area (Å²) in [6, 6.07) is 0. The van der Waals surface area contributed by atoms with E-state index in [-0.39, 0.29) is 54.0 Å². The second kappa shape index (κ2) is 13.7. The Morgan fingerprint density at radius 1 is 1.02 bits per heavy atom. The first-order valence-corrected chi connectivity index (χ1v) is 18.1. The molecule has 17 atom stereocenters. The van der Waals surface area contributed by atoms with E-state index in [1.165, 1.54) is 7.11 Å². The molecule has 4 N–H and O–H groups in total. The van der Waals surface area contributed by atoms with Crippen molar-refractivity contribution in [2.45, 2.75) is 172 Å². The summed E-state index contributed by atoms with van der Waals surface area (Å²) in [5, 5.41) is 41.8. The van der Waals surface area contributed by atoms with Gasteiger partial charge in [0, 0.05) is 37.7 Å². The molecule has 47 heavy (non-hydrogen) atoms. The van der Waals surface area contributed by atoms with Crippen molar-refractivity contribution < 1.29 is 53.6 Å². The van der Waals surface area contributed by atoms with Crippen molar-refractivity contribution in [2.75, 3.05) is 13.7 Å². The van der Waals surface area contributed by atoms with Gasteiger partial charge in [-0.05, 0) is 64.2 Å². The minimum Gasteiger partial charge on any atom is -0.481 e. The van der Waals surface area contributed by atoms with Crippen LogP contribution in [0.2, 0.25) is 0 Å². The van der Waals surface area contributed by atoms with Crippen molar-refractivity contribution in [3.05, 3.63) is 0 Å². The summed E-state index contributed by atoms with van der Waals surface area (Å²) in [5.41, 5.74) is -1.15. The quantitative estimate of drug-likeness (QED) is 0.264. The minimum absolute atomic E-state index is 0.153. The Balaban J connectivity index is 1.29. The summed E-state index contributed by atoms with van der Waals surface area (Å²) in [6.45, 7) is 15.6. The van der Waals surface area contributed by atoms with E-state index in [4.69, 9.17) is 28.4 Å². The van der Waals surface area contributed by atoms with E-state index < -0.39 is 59.6 Å². The van der Waals surface area contributed by atoms with Crippen LogP contribution < -0.4 is 0 Å². The van der Waals surface area contributed by atoms with E-state index in [2.05, 4.69) is 27.7 Å². The molecule has 272 valence electrons. The van der Waals surface area contributed by atoms with Crippen LogP contribution >= 0.6 is 0 Å². The Bertz CT molecular complexity index is 1110. The van der Waals surface area contributed by atoms with Crippen LogP contribution in [0.4, 0.5) is 0 Å². The summed E-state index contributed by atoms with van der Waals surface area (Å²) < 4.78 is 39.4. The number of aliphatic carboxylic acids is 1. The summed E-state index contributed by atoms with van der Waals surface area (Å²) in [6.07, 6.45) is 2.99. The molecule has 0 aliphatic carbocycles. The predicted octanol–water partition coefficient (Wildman–Crippen LogP) is 4.27. The predicted molar refractivity (Wildman–Crippen MR) is 172 cm³/mol. The van der Waals surface area contributed by atoms with Gasteiger partial charge in [-0.25, -0.2) is 0 Å². The first kappa shape index (κ1) is 37.4. The van der Waals surface area contributed by atoms with Gasteiger partial charge in [0.25, 0.3) is 0 Å². The minimum atomic E-state index is -1.56. The maximum absolute atomic E-state index is 11.8. The van der Waals surface area contributed by atoms with Crippen molar-refractivity contribution in [1.82, 2.24) is 0 Å². The van der Waals surface area contributed by atoms with Crippen molar-refractivity contribution in [3.63, 3.8) is 0 Å². The van der Waals surface area contributed by atoms with Crippen molar-refractivity contribution >= 4 is 5.97 Å². The van der Waals surface area contributed by atoms with E-state index in [9.17, 15) is 25.2 Å². The number of ether oxygens (including phenoxy) is 6. The second-order valence-electron chi connectivity index (χ2n) is 16.3. The standard InChI is InChI=1S/C36H62O11/c1-10-34(31-20(3)16-26(43-31)28-19(2)15-21(4)36(41,18-37)46-28)12-11-27(44-34)33(8)13-14-35(47-33)17-25(38)22(5)30(45-35)23(6)29(42-9)24(7)32(39)40/h19-31,37-38,41H,10-18H2,1-9H3,(H,39,40)/t19-,20-,21+,22+,23-,24-,25-,26?,27+,28-,29+,30-,31+,33-,34-,35?,36-/m0/s1. The Kier molecular flexibility index (Phi) is 10.9. The second-order valence-corrected chi connectivity index (χ2v) is 16.3. The molecule has 0 aromatic rings. The van der Waals surface area contributed by atoms with Crippen LogP contribution in [-0.4, -0.2) is 106 Å². The maximum Gasteiger partial charge on any atom is 0.308 e. The smallest absolute Gasteiger partial charge is 0.308 e. The van der Waals surface area contributed by atoms with E-state index in [0.29, 0.717) is 19.3 Å². The highest BCUT2D eigenvalue weighted by Gasteiger charge is 2.62. The molecule has 5 heterocycles. The largest absolute Gasteiger partial charge is 0.481 e. The first-order valence-electron chi connectivity index (χ1n) is 18.1. The van der Waals surface area contributed by atoms with Gasteiger partial charge in [-0.2, -0.15) is 0 Å². The van der Waals surface area contributed by atoms with Gasteiger partial charge in [-0.15, -0.1) is 0 Å². The highest BCUT2D eigenvalue weighted by atomic mass is 16.7. The SMILES string of the molecule is CC[C@@]1([C@@H]2OC([C@H]3O[C@@](O)(CO)[C@H](C)C[C@@H]3C)C[C@@H]2C)CC[C@H]([C@]2(C)CCC3(C[C@H](O)[C@@H](C)[C@@H]([C@@H](C)[C@@H](OC)[C@H](C)C(=O)O)O3)O2)O1. The lowest BCUT2D eigenvalue weighted by Gasteiger charge is -2.49. The number of methoxy groups -OCH3 is 1. The van der Waals surface area contributed by atoms with Crippen molar-refractivity contribution in [2.24, 2.45) is 35.5 Å². The molecule has 0 amide bonds. The fraction of sp³-hybridized carbons (Fsp3) is 0.972. The molecule has 11 heteroatoms. The third-order valence-electron chi connectivity index (χ3n) is 13.0. The van der Waals surface area contributed by atoms with Crippen molar-refractivity contribution in [3.8, 4) is 0 Å². The molecule has 5 aliphatic rings. The molecule has 5 saturated heterocycles. The number of rotatable bonds is 10. The van der Waals surface area contributed by atoms with Gasteiger partial charge in [-0.1, -0.05) is 41.5 Å².